The van der Waals surface area contributed by atoms with E-state index in [-0.39, 0.29) is 0 Å². The summed E-state index contributed by atoms with van der Waals surface area (Å²) in [6, 6.07) is 63.9. The highest BCUT2D eigenvalue weighted by molar-refractivity contribution is 6.28. The molecule has 12 aromatic rings. The van der Waals surface area contributed by atoms with Crippen LogP contribution >= 0.6 is 0 Å². The second-order valence-corrected chi connectivity index (χ2v) is 14.4. The largest absolute Gasteiger partial charge is 0.456 e. The number of aromatic nitrogens is 4. The number of para-hydroxylation sites is 1. The van der Waals surface area contributed by atoms with Gasteiger partial charge in [0.2, 0.25) is 0 Å². The van der Waals surface area contributed by atoms with E-state index >= 15 is 0 Å². The number of benzene rings is 9. The number of hydrogen-bond donors (Lipinski definition) is 0. The molecule has 5 heteroatoms. The summed E-state index contributed by atoms with van der Waals surface area (Å²) >= 11 is 0. The Bertz CT molecular complexity index is 3450. The average molecular weight is 715 g/mol. The van der Waals surface area contributed by atoms with Crippen molar-refractivity contribution in [2.45, 2.75) is 0 Å². The zero-order chi connectivity index (χ0) is 36.7. The van der Waals surface area contributed by atoms with Gasteiger partial charge < -0.3 is 8.98 Å². The van der Waals surface area contributed by atoms with Gasteiger partial charge in [0.05, 0.1) is 16.7 Å². The molecule has 0 fully saturated rings. The van der Waals surface area contributed by atoms with Crippen LogP contribution in [0.1, 0.15) is 0 Å². The lowest BCUT2D eigenvalue weighted by molar-refractivity contribution is 0.668. The van der Waals surface area contributed by atoms with Crippen LogP contribution < -0.4 is 0 Å². The summed E-state index contributed by atoms with van der Waals surface area (Å²) in [7, 11) is 0. The molecule has 0 radical (unpaired) electrons. The van der Waals surface area contributed by atoms with Gasteiger partial charge in [0.25, 0.3) is 0 Å². The number of rotatable bonds is 4. The summed E-state index contributed by atoms with van der Waals surface area (Å²) in [5.74, 6) is 1.80. The molecule has 0 aliphatic carbocycles. The number of furan rings is 1. The molecule has 0 aliphatic heterocycles. The lowest BCUT2D eigenvalue weighted by Gasteiger charge is -2.13. The topological polar surface area (TPSA) is 56.7 Å². The molecule has 0 unspecified atom stereocenters. The smallest absolute Gasteiger partial charge is 0.164 e. The molecule has 0 amide bonds. The molecule has 0 spiro atoms. The summed E-state index contributed by atoms with van der Waals surface area (Å²) in [6.07, 6.45) is 0. The van der Waals surface area contributed by atoms with E-state index < -0.39 is 0 Å². The van der Waals surface area contributed by atoms with Gasteiger partial charge in [0, 0.05) is 44.3 Å². The first-order valence-electron chi connectivity index (χ1n) is 18.9. The Morgan fingerprint density at radius 1 is 0.357 bits per heavy atom. The normalized spacial score (nSPS) is 11.9. The summed E-state index contributed by atoms with van der Waals surface area (Å²) in [5, 5.41) is 11.6. The Morgan fingerprint density at radius 3 is 1.62 bits per heavy atom. The third-order valence-electron chi connectivity index (χ3n) is 11.2. The van der Waals surface area contributed by atoms with Gasteiger partial charge in [-0.1, -0.05) is 146 Å². The third kappa shape index (κ3) is 4.64. The van der Waals surface area contributed by atoms with Crippen LogP contribution in [0.15, 0.2) is 186 Å². The van der Waals surface area contributed by atoms with Crippen molar-refractivity contribution in [3.05, 3.63) is 182 Å². The molecule has 0 aliphatic rings. The average Bonchev–Trinajstić information content (AvgIpc) is 3.82. The van der Waals surface area contributed by atoms with E-state index in [1.165, 1.54) is 37.7 Å². The minimum Gasteiger partial charge on any atom is -0.456 e. The van der Waals surface area contributed by atoms with Crippen molar-refractivity contribution < 1.29 is 4.42 Å². The quantitative estimate of drug-likeness (QED) is 0.182. The van der Waals surface area contributed by atoms with Crippen molar-refractivity contribution in [1.29, 1.82) is 0 Å². The molecule has 5 nitrogen and oxygen atoms in total. The molecule has 3 heterocycles. The molecular formula is C51H30N4O. The van der Waals surface area contributed by atoms with E-state index in [4.69, 9.17) is 19.4 Å². The van der Waals surface area contributed by atoms with Crippen LogP contribution in [0.4, 0.5) is 0 Å². The molecule has 3 aromatic heterocycles. The minimum absolute atomic E-state index is 0.581. The Labute approximate surface area is 320 Å². The van der Waals surface area contributed by atoms with Crippen molar-refractivity contribution in [3.63, 3.8) is 0 Å². The summed E-state index contributed by atoms with van der Waals surface area (Å²) in [4.78, 5) is 15.7. The van der Waals surface area contributed by atoms with E-state index in [1.807, 2.05) is 30.3 Å². The molecule has 12 rings (SSSR count). The first-order chi connectivity index (χ1) is 27.7. The van der Waals surface area contributed by atoms with E-state index in [0.29, 0.717) is 17.5 Å². The summed E-state index contributed by atoms with van der Waals surface area (Å²) < 4.78 is 9.09. The molecule has 0 saturated carbocycles. The van der Waals surface area contributed by atoms with Gasteiger partial charge in [-0.2, -0.15) is 0 Å². The van der Waals surface area contributed by atoms with Gasteiger partial charge in [0.1, 0.15) is 11.2 Å². The van der Waals surface area contributed by atoms with E-state index in [2.05, 4.69) is 156 Å². The molecule has 0 saturated heterocycles. The minimum atomic E-state index is 0.581. The van der Waals surface area contributed by atoms with Gasteiger partial charge in [-0.25, -0.2) is 15.0 Å². The molecule has 0 atom stereocenters. The van der Waals surface area contributed by atoms with Crippen molar-refractivity contribution in [3.8, 4) is 39.9 Å². The Balaban J connectivity index is 1.20. The maximum Gasteiger partial charge on any atom is 0.164 e. The summed E-state index contributed by atoms with van der Waals surface area (Å²) in [6.45, 7) is 0. The highest BCUT2D eigenvalue weighted by atomic mass is 16.3. The third-order valence-corrected chi connectivity index (χ3v) is 11.2. The number of fused-ring (bicyclic) bond motifs is 11. The molecule has 260 valence electrons. The molecule has 0 N–H and O–H groups in total. The predicted octanol–water partition coefficient (Wildman–Crippen LogP) is 13.3. The van der Waals surface area contributed by atoms with Crippen LogP contribution in [0.5, 0.6) is 0 Å². The second-order valence-electron chi connectivity index (χ2n) is 14.4. The fraction of sp³-hybridized carbons (Fsp3) is 0. The zero-order valence-corrected chi connectivity index (χ0v) is 30.0. The monoisotopic (exact) mass is 714 g/mol. The van der Waals surface area contributed by atoms with E-state index in [0.717, 1.165) is 60.7 Å². The standard InChI is InChI=1S/C51H30N4O/c1-2-15-34(16-3-1)49-52-50(36-23-22-31-12-4-5-17-35(31)28-36)54-51(53-49)41-29-37(30-45-46(41)40-20-10-11-21-44(40)56-45)55-42-26-24-32-13-6-8-18-38(32)47(42)48-39-19-9-7-14-33(39)25-27-43(48)55/h1-30H. The lowest BCUT2D eigenvalue weighted by Crippen LogP contribution is -2.01. The van der Waals surface area contributed by atoms with Gasteiger partial charge in [-0.05, 0) is 62.6 Å². The highest BCUT2D eigenvalue weighted by Crippen LogP contribution is 2.43. The van der Waals surface area contributed by atoms with Crippen LogP contribution in [0, 0.1) is 0 Å². The highest BCUT2D eigenvalue weighted by Gasteiger charge is 2.23. The lowest BCUT2D eigenvalue weighted by atomic mass is 10.00. The SMILES string of the molecule is c1ccc(-c2nc(-c3ccc4ccccc4c3)nc(-c3cc(-n4c5ccc6ccccc6c5c5c6ccccc6ccc54)cc4oc5ccccc5c34)n2)cc1. The molecular weight excluding hydrogens is 685 g/mol. The summed E-state index contributed by atoms with van der Waals surface area (Å²) in [5.41, 5.74) is 7.50. The molecule has 56 heavy (non-hydrogen) atoms. The first kappa shape index (κ1) is 30.8. The number of nitrogens with zero attached hydrogens (tertiary/aromatic N) is 4. The van der Waals surface area contributed by atoms with Crippen molar-refractivity contribution in [2.75, 3.05) is 0 Å². The van der Waals surface area contributed by atoms with Gasteiger partial charge in [0.15, 0.2) is 17.5 Å². The van der Waals surface area contributed by atoms with Gasteiger partial charge in [-0.3, -0.25) is 0 Å². The molecule has 9 aromatic carbocycles. The van der Waals surface area contributed by atoms with Crippen LogP contribution in [0.25, 0.3) is 116 Å². The zero-order valence-electron chi connectivity index (χ0n) is 30.0. The Morgan fingerprint density at radius 2 is 0.911 bits per heavy atom. The molecule has 0 bridgehead atoms. The first-order valence-corrected chi connectivity index (χ1v) is 18.9. The Hall–Kier alpha value is -7.63. The fourth-order valence-electron chi connectivity index (χ4n) is 8.64. The predicted molar refractivity (Wildman–Crippen MR) is 230 cm³/mol. The van der Waals surface area contributed by atoms with Crippen LogP contribution in [-0.4, -0.2) is 19.5 Å². The van der Waals surface area contributed by atoms with Crippen LogP contribution in [0.3, 0.4) is 0 Å². The van der Waals surface area contributed by atoms with Gasteiger partial charge >= 0.3 is 0 Å². The van der Waals surface area contributed by atoms with Gasteiger partial charge in [-0.15, -0.1) is 0 Å². The second kappa shape index (κ2) is 11.9. The van der Waals surface area contributed by atoms with Crippen molar-refractivity contribution in [2.24, 2.45) is 0 Å². The van der Waals surface area contributed by atoms with Crippen LogP contribution in [0.2, 0.25) is 0 Å². The van der Waals surface area contributed by atoms with Crippen molar-refractivity contribution >= 4 is 76.1 Å². The maximum atomic E-state index is 6.71. The van der Waals surface area contributed by atoms with E-state index in [9.17, 15) is 0 Å². The maximum absolute atomic E-state index is 6.71. The van der Waals surface area contributed by atoms with Crippen molar-refractivity contribution in [1.82, 2.24) is 19.5 Å². The Kier molecular flexibility index (Phi) is 6.56. The fourth-order valence-corrected chi connectivity index (χ4v) is 8.64. The van der Waals surface area contributed by atoms with E-state index in [1.54, 1.807) is 0 Å². The number of hydrogen-bond acceptors (Lipinski definition) is 4. The van der Waals surface area contributed by atoms with Crippen LogP contribution in [-0.2, 0) is 0 Å².